The topological polar surface area (TPSA) is 42.9 Å². The lowest BCUT2D eigenvalue weighted by Crippen LogP contribution is -2.15. The summed E-state index contributed by atoms with van der Waals surface area (Å²) in [4.78, 5) is 7.97. The molecule has 0 saturated carbocycles. The van der Waals surface area contributed by atoms with Crippen LogP contribution in [-0.4, -0.2) is 16.6 Å². The van der Waals surface area contributed by atoms with Gasteiger partial charge in [0.25, 0.3) is 0 Å². The van der Waals surface area contributed by atoms with Crippen molar-refractivity contribution in [2.24, 2.45) is 0 Å². The summed E-state index contributed by atoms with van der Waals surface area (Å²) in [7, 11) is -2.52. The Bertz CT molecular complexity index is 441. The summed E-state index contributed by atoms with van der Waals surface area (Å²) < 4.78 is 12.5. The second kappa shape index (κ2) is 3.95. The van der Waals surface area contributed by atoms with Gasteiger partial charge in [0.05, 0.1) is 0 Å². The first kappa shape index (κ1) is 10.1. The molecule has 0 amide bonds. The van der Waals surface area contributed by atoms with Gasteiger partial charge >= 0.3 is 0 Å². The van der Waals surface area contributed by atoms with Crippen molar-refractivity contribution in [3.8, 4) is 0 Å². The maximum atomic E-state index is 12.5. The molecule has 0 radical (unpaired) electrons. The van der Waals surface area contributed by atoms with Gasteiger partial charge in [0, 0.05) is 35.4 Å². The van der Waals surface area contributed by atoms with E-state index >= 15 is 0 Å². The molecule has 3 nitrogen and oxygen atoms in total. The fourth-order valence-electron chi connectivity index (χ4n) is 1.36. The Balaban J connectivity index is 2.50. The van der Waals surface area contributed by atoms with Crippen LogP contribution in [0.4, 0.5) is 0 Å². The number of nitrogens with zero attached hydrogens (tertiary/aromatic N) is 2. The highest BCUT2D eigenvalue weighted by atomic mass is 31.2. The van der Waals surface area contributed by atoms with Crippen LogP contribution in [0.1, 0.15) is 0 Å². The van der Waals surface area contributed by atoms with Gasteiger partial charge in [-0.25, -0.2) is 0 Å². The molecular weight excluding hydrogens is 207 g/mol. The molecule has 0 unspecified atom stereocenters. The van der Waals surface area contributed by atoms with Gasteiger partial charge in [-0.1, -0.05) is 0 Å². The maximum absolute atomic E-state index is 12.5. The first-order chi connectivity index (χ1) is 7.21. The van der Waals surface area contributed by atoms with Crippen LogP contribution in [-0.2, 0) is 4.57 Å². The fraction of sp³-hybridized carbons (Fsp3) is 0.0909. The molecule has 76 valence electrons. The molecule has 0 aliphatic carbocycles. The lowest BCUT2D eigenvalue weighted by Gasteiger charge is -2.12. The predicted octanol–water partition coefficient (Wildman–Crippen LogP) is 1.42. The van der Waals surface area contributed by atoms with Crippen molar-refractivity contribution in [1.29, 1.82) is 0 Å². The van der Waals surface area contributed by atoms with Crippen molar-refractivity contribution in [3.63, 3.8) is 0 Å². The Labute approximate surface area is 88.6 Å². The number of aromatic nitrogens is 2. The van der Waals surface area contributed by atoms with Gasteiger partial charge in [-0.15, -0.1) is 0 Å². The number of hydrogen-bond acceptors (Lipinski definition) is 3. The van der Waals surface area contributed by atoms with Crippen LogP contribution in [0.3, 0.4) is 0 Å². The molecule has 0 aliphatic rings. The lowest BCUT2D eigenvalue weighted by atomic mass is 10.5. The van der Waals surface area contributed by atoms with Crippen LogP contribution in [0.15, 0.2) is 49.1 Å². The third-order valence-corrected chi connectivity index (χ3v) is 4.78. The van der Waals surface area contributed by atoms with Gasteiger partial charge in [-0.2, -0.15) is 0 Å². The normalized spacial score (nSPS) is 11.3. The van der Waals surface area contributed by atoms with Crippen LogP contribution in [0.2, 0.25) is 0 Å². The second-order valence-corrected chi connectivity index (χ2v) is 6.23. The molecule has 0 N–H and O–H groups in total. The lowest BCUT2D eigenvalue weighted by molar-refractivity contribution is 0.590. The first-order valence-electron chi connectivity index (χ1n) is 4.60. The molecule has 0 saturated heterocycles. The molecule has 2 aromatic heterocycles. The zero-order valence-electron chi connectivity index (χ0n) is 8.37. The molecule has 4 heteroatoms. The Kier molecular flexibility index (Phi) is 2.65. The molecule has 0 atom stereocenters. The molecule has 2 heterocycles. The monoisotopic (exact) mass is 218 g/mol. The predicted molar refractivity (Wildman–Crippen MR) is 61.3 cm³/mol. The minimum atomic E-state index is -2.52. The SMILES string of the molecule is CP(=O)(c1cccnc1)c1cccnc1. The zero-order valence-corrected chi connectivity index (χ0v) is 9.26. The highest BCUT2D eigenvalue weighted by Gasteiger charge is 2.20. The molecule has 15 heavy (non-hydrogen) atoms. The van der Waals surface area contributed by atoms with Crippen LogP contribution >= 0.6 is 7.14 Å². The van der Waals surface area contributed by atoms with Crippen molar-refractivity contribution in [3.05, 3.63) is 49.1 Å². The minimum absolute atomic E-state index is 0.762. The van der Waals surface area contributed by atoms with Crippen molar-refractivity contribution in [2.75, 3.05) is 6.66 Å². The smallest absolute Gasteiger partial charge is 0.143 e. The summed E-state index contributed by atoms with van der Waals surface area (Å²) >= 11 is 0. The highest BCUT2D eigenvalue weighted by Crippen LogP contribution is 2.37. The summed E-state index contributed by atoms with van der Waals surface area (Å²) in [6, 6.07) is 7.26. The molecule has 0 bridgehead atoms. The molecule has 0 fully saturated rings. The molecule has 0 aliphatic heterocycles. The van der Waals surface area contributed by atoms with E-state index in [9.17, 15) is 4.57 Å². The van der Waals surface area contributed by atoms with Crippen LogP contribution in [0.25, 0.3) is 0 Å². The van der Waals surface area contributed by atoms with E-state index in [2.05, 4.69) is 9.97 Å². The fourth-order valence-corrected chi connectivity index (χ4v) is 2.97. The third-order valence-electron chi connectivity index (χ3n) is 2.28. The van der Waals surface area contributed by atoms with Gasteiger partial charge in [-0.05, 0) is 30.9 Å². The summed E-state index contributed by atoms with van der Waals surface area (Å²) in [5.41, 5.74) is 0. The largest absolute Gasteiger partial charge is 0.314 e. The number of pyridine rings is 2. The van der Waals surface area contributed by atoms with Gasteiger partial charge in [0.15, 0.2) is 0 Å². The Morgan fingerprint density at radius 2 is 1.47 bits per heavy atom. The minimum Gasteiger partial charge on any atom is -0.314 e. The Morgan fingerprint density at radius 3 is 1.80 bits per heavy atom. The van der Waals surface area contributed by atoms with Crippen LogP contribution < -0.4 is 10.6 Å². The molecular formula is C11H11N2OP. The van der Waals surface area contributed by atoms with Gasteiger partial charge in [-0.3, -0.25) is 9.97 Å². The van der Waals surface area contributed by atoms with E-state index in [4.69, 9.17) is 0 Å². The summed E-state index contributed by atoms with van der Waals surface area (Å²) in [6.45, 7) is 1.74. The van der Waals surface area contributed by atoms with E-state index in [0.717, 1.165) is 10.6 Å². The van der Waals surface area contributed by atoms with Crippen molar-refractivity contribution >= 4 is 17.8 Å². The van der Waals surface area contributed by atoms with E-state index in [1.54, 1.807) is 43.6 Å². The van der Waals surface area contributed by atoms with Crippen molar-refractivity contribution in [1.82, 2.24) is 9.97 Å². The number of hydrogen-bond donors (Lipinski definition) is 0. The molecule has 0 aromatic carbocycles. The van der Waals surface area contributed by atoms with E-state index < -0.39 is 7.14 Å². The Hall–Kier alpha value is -1.47. The van der Waals surface area contributed by atoms with E-state index in [1.165, 1.54) is 0 Å². The summed E-state index contributed by atoms with van der Waals surface area (Å²) in [5, 5.41) is 1.52. The van der Waals surface area contributed by atoms with Crippen molar-refractivity contribution in [2.45, 2.75) is 0 Å². The van der Waals surface area contributed by atoms with Crippen LogP contribution in [0.5, 0.6) is 0 Å². The van der Waals surface area contributed by atoms with Gasteiger partial charge < -0.3 is 4.57 Å². The molecule has 2 aromatic rings. The summed E-state index contributed by atoms with van der Waals surface area (Å²) in [6.07, 6.45) is 6.64. The second-order valence-electron chi connectivity index (χ2n) is 3.35. The Morgan fingerprint density at radius 1 is 1.00 bits per heavy atom. The van der Waals surface area contributed by atoms with E-state index in [1.807, 2.05) is 12.1 Å². The molecule has 2 rings (SSSR count). The quantitative estimate of drug-likeness (QED) is 0.716. The first-order valence-corrected chi connectivity index (χ1v) is 6.75. The molecule has 0 spiro atoms. The van der Waals surface area contributed by atoms with E-state index in [0.29, 0.717) is 0 Å². The average Bonchev–Trinajstić information content (AvgIpc) is 2.31. The number of rotatable bonds is 2. The highest BCUT2D eigenvalue weighted by molar-refractivity contribution is 7.78. The van der Waals surface area contributed by atoms with Gasteiger partial charge in [0.1, 0.15) is 7.14 Å². The maximum Gasteiger partial charge on any atom is 0.143 e. The summed E-state index contributed by atoms with van der Waals surface area (Å²) in [5.74, 6) is 0. The van der Waals surface area contributed by atoms with Crippen molar-refractivity contribution < 1.29 is 4.57 Å². The zero-order chi connectivity index (χ0) is 10.7. The van der Waals surface area contributed by atoms with Crippen LogP contribution in [0, 0.1) is 0 Å². The third kappa shape index (κ3) is 1.97. The van der Waals surface area contributed by atoms with Gasteiger partial charge in [0.2, 0.25) is 0 Å². The average molecular weight is 218 g/mol. The van der Waals surface area contributed by atoms with E-state index in [-0.39, 0.29) is 0 Å². The standard InChI is InChI=1S/C11H11N2OP/c1-15(14,10-4-2-6-12-8-10)11-5-3-7-13-9-11/h2-9H,1H3.